The first-order valence-electron chi connectivity index (χ1n) is 10.5. The number of imidazole rings is 1. The summed E-state index contributed by atoms with van der Waals surface area (Å²) in [7, 11) is -4.88. The van der Waals surface area contributed by atoms with E-state index in [-0.39, 0.29) is 31.5 Å². The Morgan fingerprint density at radius 1 is 1.05 bits per heavy atom. The van der Waals surface area contributed by atoms with E-state index >= 15 is 0 Å². The zero-order valence-corrected chi connectivity index (χ0v) is 20.7. The second kappa shape index (κ2) is 11.1. The Labute approximate surface area is 214 Å². The van der Waals surface area contributed by atoms with Crippen molar-refractivity contribution in [2.24, 2.45) is 0 Å². The molecule has 0 amide bonds. The van der Waals surface area contributed by atoms with Gasteiger partial charge in [0.25, 0.3) is 0 Å². The van der Waals surface area contributed by atoms with Crippen LogP contribution in [0.15, 0.2) is 34.4 Å². The molecule has 3 heterocycles. The van der Waals surface area contributed by atoms with Gasteiger partial charge in [-0.15, -0.1) is 0 Å². The highest BCUT2D eigenvalue weighted by Gasteiger charge is 2.38. The van der Waals surface area contributed by atoms with Crippen molar-refractivity contribution in [1.82, 2.24) is 19.5 Å². The van der Waals surface area contributed by atoms with Crippen molar-refractivity contribution in [1.29, 1.82) is 0 Å². The number of nitrogen functional groups attached to an aromatic ring is 1. The van der Waals surface area contributed by atoms with Gasteiger partial charge >= 0.3 is 19.9 Å². The molecule has 38 heavy (non-hydrogen) atoms. The number of aromatic nitrogens is 4. The van der Waals surface area contributed by atoms with E-state index in [1.807, 2.05) is 0 Å². The van der Waals surface area contributed by atoms with E-state index in [2.05, 4.69) is 24.0 Å². The monoisotopic (exact) mass is 589 g/mol. The highest BCUT2D eigenvalue weighted by Crippen LogP contribution is 2.50. The molecule has 0 unspecified atom stereocenters. The Morgan fingerprint density at radius 3 is 2.42 bits per heavy atom. The Balaban J connectivity index is 1.41. The minimum atomic E-state index is -4.94. The number of nitrogens with two attached hydrogens (primary N) is 1. The van der Waals surface area contributed by atoms with Crippen LogP contribution >= 0.6 is 19.4 Å². The second-order valence-corrected chi connectivity index (χ2v) is 10.6. The summed E-state index contributed by atoms with van der Waals surface area (Å²) in [5.41, 5.74) is 6.50. The standard InChI is InChI=1S/C19H18F6N5O6PS/c20-18(21,22)6-35-37(31,36-7-19(23,24)25)10-32-4-3-30-8-27-14-15(30)28-17(26)29-16(14)38-11-1-2-12-13(5-11)34-9-33-12/h1-2,5,8H,3-4,6-7,9-10H2,(H2,26,28,29). The molecule has 19 heteroatoms. The van der Waals surface area contributed by atoms with Crippen molar-refractivity contribution in [3.05, 3.63) is 24.5 Å². The third kappa shape index (κ3) is 7.63. The van der Waals surface area contributed by atoms with E-state index in [1.54, 1.807) is 18.2 Å². The lowest BCUT2D eigenvalue weighted by atomic mass is 10.3. The van der Waals surface area contributed by atoms with Gasteiger partial charge in [-0.3, -0.25) is 13.6 Å². The molecular formula is C19H18F6N5O6PS. The first-order valence-corrected chi connectivity index (χ1v) is 13.0. The molecule has 0 saturated heterocycles. The van der Waals surface area contributed by atoms with Gasteiger partial charge in [0.2, 0.25) is 12.7 Å². The van der Waals surface area contributed by atoms with Gasteiger partial charge < -0.3 is 24.5 Å². The van der Waals surface area contributed by atoms with E-state index < -0.39 is 39.5 Å². The third-order valence-electron chi connectivity index (χ3n) is 4.58. The molecule has 1 aromatic carbocycles. The molecule has 1 aliphatic heterocycles. The maximum Gasteiger partial charge on any atom is 0.412 e. The van der Waals surface area contributed by atoms with Crippen LogP contribution in [0.3, 0.4) is 0 Å². The highest BCUT2D eigenvalue weighted by atomic mass is 32.2. The Bertz CT molecular complexity index is 1320. The zero-order chi connectivity index (χ0) is 27.6. The van der Waals surface area contributed by atoms with E-state index in [9.17, 15) is 30.9 Å². The summed E-state index contributed by atoms with van der Waals surface area (Å²) in [5, 5.41) is 0.414. The van der Waals surface area contributed by atoms with Gasteiger partial charge in [-0.05, 0) is 18.2 Å². The summed E-state index contributed by atoms with van der Waals surface area (Å²) in [6.07, 6.45) is -9.66. The maximum atomic E-state index is 12.4. The molecule has 2 aromatic heterocycles. The second-order valence-electron chi connectivity index (χ2n) is 7.54. The van der Waals surface area contributed by atoms with Crippen LogP contribution in [0.2, 0.25) is 0 Å². The van der Waals surface area contributed by atoms with Gasteiger partial charge in [0.05, 0.1) is 12.9 Å². The van der Waals surface area contributed by atoms with Crippen LogP contribution in [-0.2, 0) is 24.9 Å². The largest absolute Gasteiger partial charge is 0.454 e. The smallest absolute Gasteiger partial charge is 0.412 e. The molecule has 0 spiro atoms. The normalized spacial score (nSPS) is 13.9. The van der Waals surface area contributed by atoms with Gasteiger partial charge in [-0.2, -0.15) is 31.3 Å². The van der Waals surface area contributed by atoms with Crippen LogP contribution in [-0.4, -0.2) is 64.8 Å². The van der Waals surface area contributed by atoms with Crippen LogP contribution in [0.1, 0.15) is 0 Å². The molecule has 3 aromatic rings. The van der Waals surface area contributed by atoms with E-state index in [0.29, 0.717) is 22.0 Å². The third-order valence-corrected chi connectivity index (χ3v) is 7.09. The van der Waals surface area contributed by atoms with E-state index in [4.69, 9.17) is 19.9 Å². The fourth-order valence-corrected chi connectivity index (χ4v) is 5.18. The summed E-state index contributed by atoms with van der Waals surface area (Å²) in [4.78, 5) is 13.4. The predicted molar refractivity (Wildman–Crippen MR) is 119 cm³/mol. The Hall–Kier alpha value is -2.79. The van der Waals surface area contributed by atoms with Gasteiger partial charge in [0, 0.05) is 11.4 Å². The van der Waals surface area contributed by atoms with Gasteiger partial charge in [0.15, 0.2) is 30.4 Å². The molecule has 208 valence electrons. The lowest BCUT2D eigenvalue weighted by molar-refractivity contribution is -0.166. The highest BCUT2D eigenvalue weighted by molar-refractivity contribution is 7.99. The molecule has 0 aliphatic carbocycles. The summed E-state index contributed by atoms with van der Waals surface area (Å²) in [5.74, 6) is 1.09. The number of hydrogen-bond donors (Lipinski definition) is 1. The summed E-state index contributed by atoms with van der Waals surface area (Å²) in [6.45, 7) is -4.37. The fraction of sp³-hybridized carbons (Fsp3) is 0.421. The van der Waals surface area contributed by atoms with Gasteiger partial charge in [0.1, 0.15) is 16.9 Å². The van der Waals surface area contributed by atoms with Crippen molar-refractivity contribution >= 4 is 36.5 Å². The maximum absolute atomic E-state index is 12.4. The average Bonchev–Trinajstić information content (AvgIpc) is 3.45. The van der Waals surface area contributed by atoms with Crippen molar-refractivity contribution < 1.29 is 54.2 Å². The summed E-state index contributed by atoms with van der Waals surface area (Å²) >= 11 is 1.23. The molecule has 0 bridgehead atoms. The number of rotatable bonds is 11. The zero-order valence-electron chi connectivity index (χ0n) is 19.0. The summed E-state index contributed by atoms with van der Waals surface area (Å²) < 4.78 is 112. The van der Waals surface area contributed by atoms with Crippen molar-refractivity contribution in [3.63, 3.8) is 0 Å². The number of halogens is 6. The quantitative estimate of drug-likeness (QED) is 0.145. The van der Waals surface area contributed by atoms with Crippen LogP contribution < -0.4 is 15.2 Å². The lowest BCUT2D eigenvalue weighted by Crippen LogP contribution is -2.21. The first kappa shape index (κ1) is 28.2. The van der Waals surface area contributed by atoms with Crippen molar-refractivity contribution in [2.75, 3.05) is 38.7 Å². The SMILES string of the molecule is Nc1nc(Sc2ccc3c(c2)OCO3)c2ncn(CCOCP(=O)(OCC(F)(F)F)OCC(F)(F)F)c2n1. The number of anilines is 1. The Kier molecular flexibility index (Phi) is 8.27. The van der Waals surface area contributed by atoms with Crippen molar-refractivity contribution in [3.8, 4) is 11.5 Å². The molecule has 0 fully saturated rings. The Morgan fingerprint density at radius 2 is 1.74 bits per heavy atom. The molecule has 0 radical (unpaired) electrons. The molecule has 1 aliphatic rings. The fourth-order valence-electron chi connectivity index (χ4n) is 3.02. The van der Waals surface area contributed by atoms with Crippen molar-refractivity contribution in [2.45, 2.75) is 28.8 Å². The number of hydrogen-bond acceptors (Lipinski definition) is 11. The number of fused-ring (bicyclic) bond motifs is 2. The minimum Gasteiger partial charge on any atom is -0.454 e. The van der Waals surface area contributed by atoms with E-state index in [1.165, 1.54) is 22.7 Å². The van der Waals surface area contributed by atoms with Gasteiger partial charge in [-0.25, -0.2) is 9.97 Å². The number of alkyl halides is 6. The molecule has 0 atom stereocenters. The minimum absolute atomic E-state index is 0.0281. The lowest BCUT2D eigenvalue weighted by Gasteiger charge is -2.20. The summed E-state index contributed by atoms with van der Waals surface area (Å²) in [6, 6.07) is 5.27. The molecule has 2 N–H and O–H groups in total. The van der Waals surface area contributed by atoms with Crippen LogP contribution in [0.25, 0.3) is 11.2 Å². The number of nitrogens with zero attached hydrogens (tertiary/aromatic N) is 4. The molecule has 4 rings (SSSR count). The molecule has 11 nitrogen and oxygen atoms in total. The van der Waals surface area contributed by atoms with Crippen LogP contribution in [0.5, 0.6) is 11.5 Å². The van der Waals surface area contributed by atoms with E-state index in [0.717, 1.165) is 4.90 Å². The van der Waals surface area contributed by atoms with Gasteiger partial charge in [-0.1, -0.05) is 11.8 Å². The first-order chi connectivity index (χ1) is 17.8. The van der Waals surface area contributed by atoms with Crippen LogP contribution in [0.4, 0.5) is 32.3 Å². The number of ether oxygens (including phenoxy) is 3. The topological polar surface area (TPSA) is 133 Å². The predicted octanol–water partition coefficient (Wildman–Crippen LogP) is 4.61. The average molecular weight is 589 g/mol. The molecular weight excluding hydrogens is 571 g/mol. The molecule has 0 saturated carbocycles. The van der Waals surface area contributed by atoms with Crippen LogP contribution in [0, 0.1) is 0 Å². The number of benzene rings is 1.